The summed E-state index contributed by atoms with van der Waals surface area (Å²) < 4.78 is 5.48. The molecular weight excluding hydrogens is 262 g/mol. The summed E-state index contributed by atoms with van der Waals surface area (Å²) in [4.78, 5) is 14.0. The second-order valence-electron chi connectivity index (χ2n) is 7.02. The monoisotopic (exact) mass is 289 g/mol. The summed E-state index contributed by atoms with van der Waals surface area (Å²) >= 11 is 0. The summed E-state index contributed by atoms with van der Waals surface area (Å²) in [5.74, 6) is 0.551. The van der Waals surface area contributed by atoms with Crippen LogP contribution in [0.15, 0.2) is 30.3 Å². The summed E-state index contributed by atoms with van der Waals surface area (Å²) in [5, 5.41) is 0. The van der Waals surface area contributed by atoms with E-state index in [1.54, 1.807) is 4.90 Å². The molecule has 2 rings (SSSR count). The molecule has 2 unspecified atom stereocenters. The van der Waals surface area contributed by atoms with E-state index < -0.39 is 5.60 Å². The van der Waals surface area contributed by atoms with E-state index in [4.69, 9.17) is 4.74 Å². The predicted molar refractivity (Wildman–Crippen MR) is 85.4 cm³/mol. The van der Waals surface area contributed by atoms with Crippen molar-refractivity contribution in [3.05, 3.63) is 35.9 Å². The van der Waals surface area contributed by atoms with Crippen molar-refractivity contribution in [2.45, 2.75) is 64.0 Å². The molecule has 0 radical (unpaired) electrons. The molecule has 0 aromatic heterocycles. The molecule has 1 aliphatic carbocycles. The van der Waals surface area contributed by atoms with E-state index >= 15 is 0 Å². The Balaban J connectivity index is 1.99. The van der Waals surface area contributed by atoms with Gasteiger partial charge in [0.15, 0.2) is 0 Å². The third-order valence-electron chi connectivity index (χ3n) is 4.15. The van der Waals surface area contributed by atoms with Crippen LogP contribution in [0.2, 0.25) is 0 Å². The highest BCUT2D eigenvalue weighted by Gasteiger charge is 2.30. The van der Waals surface area contributed by atoms with Gasteiger partial charge in [0, 0.05) is 13.1 Å². The minimum absolute atomic E-state index is 0.207. The Kier molecular flexibility index (Phi) is 4.92. The van der Waals surface area contributed by atoms with Crippen LogP contribution in [0.1, 0.15) is 57.9 Å². The third-order valence-corrected chi connectivity index (χ3v) is 4.15. The molecule has 2 atom stereocenters. The zero-order valence-corrected chi connectivity index (χ0v) is 13.6. The maximum absolute atomic E-state index is 12.2. The van der Waals surface area contributed by atoms with E-state index in [1.807, 2.05) is 27.8 Å². The Morgan fingerprint density at radius 3 is 2.48 bits per heavy atom. The van der Waals surface area contributed by atoms with Crippen LogP contribution < -0.4 is 0 Å². The number of nitrogens with zero attached hydrogens (tertiary/aromatic N) is 1. The number of benzene rings is 1. The van der Waals surface area contributed by atoms with Crippen LogP contribution in [0.3, 0.4) is 0 Å². The van der Waals surface area contributed by atoms with Gasteiger partial charge in [0.25, 0.3) is 0 Å². The molecule has 1 fully saturated rings. The Morgan fingerprint density at radius 1 is 1.19 bits per heavy atom. The molecule has 0 N–H and O–H groups in total. The second-order valence-corrected chi connectivity index (χ2v) is 7.02. The lowest BCUT2D eigenvalue weighted by Crippen LogP contribution is -2.42. The number of hydrogen-bond donors (Lipinski definition) is 0. The van der Waals surface area contributed by atoms with Gasteiger partial charge < -0.3 is 9.64 Å². The van der Waals surface area contributed by atoms with E-state index in [9.17, 15) is 4.79 Å². The van der Waals surface area contributed by atoms with Gasteiger partial charge in [-0.1, -0.05) is 36.8 Å². The standard InChI is InChI=1S/C18H27NO2/c1-18(2,3)21-17(20)19(4)16-12-8-11-15(13-16)14-9-6-5-7-10-14/h5-7,9-10,15-16H,8,11-13H2,1-4H3. The summed E-state index contributed by atoms with van der Waals surface area (Å²) in [6.07, 6.45) is 4.26. The minimum atomic E-state index is -0.432. The predicted octanol–water partition coefficient (Wildman–Crippen LogP) is 4.58. The lowest BCUT2D eigenvalue weighted by Gasteiger charge is -2.36. The topological polar surface area (TPSA) is 29.5 Å². The fraction of sp³-hybridized carbons (Fsp3) is 0.611. The SMILES string of the molecule is CN(C(=O)OC(C)(C)C)C1CCCC(c2ccccc2)C1. The highest BCUT2D eigenvalue weighted by atomic mass is 16.6. The highest BCUT2D eigenvalue weighted by Crippen LogP contribution is 2.34. The smallest absolute Gasteiger partial charge is 0.410 e. The van der Waals surface area contributed by atoms with Crippen LogP contribution in [-0.2, 0) is 4.74 Å². The average molecular weight is 289 g/mol. The molecule has 1 aliphatic rings. The van der Waals surface area contributed by atoms with Crippen LogP contribution in [-0.4, -0.2) is 29.7 Å². The molecule has 1 amide bonds. The molecule has 1 saturated carbocycles. The van der Waals surface area contributed by atoms with Crippen molar-refractivity contribution in [1.29, 1.82) is 0 Å². The average Bonchev–Trinajstić information content (AvgIpc) is 2.46. The van der Waals surface area contributed by atoms with Crippen molar-refractivity contribution in [2.24, 2.45) is 0 Å². The highest BCUT2D eigenvalue weighted by molar-refractivity contribution is 5.68. The van der Waals surface area contributed by atoms with Gasteiger partial charge in [0.1, 0.15) is 5.60 Å². The zero-order chi connectivity index (χ0) is 15.5. The Labute approximate surface area is 128 Å². The first-order chi connectivity index (χ1) is 9.87. The minimum Gasteiger partial charge on any atom is -0.444 e. The summed E-state index contributed by atoms with van der Waals surface area (Å²) in [7, 11) is 1.87. The van der Waals surface area contributed by atoms with Crippen LogP contribution in [0.5, 0.6) is 0 Å². The molecule has 116 valence electrons. The number of carbonyl (C=O) groups excluding carboxylic acids is 1. The molecule has 3 heteroatoms. The van der Waals surface area contributed by atoms with Gasteiger partial charge in [-0.15, -0.1) is 0 Å². The van der Waals surface area contributed by atoms with Crippen molar-refractivity contribution in [3.63, 3.8) is 0 Å². The molecule has 0 bridgehead atoms. The van der Waals surface area contributed by atoms with Crippen molar-refractivity contribution in [1.82, 2.24) is 4.90 Å². The first kappa shape index (κ1) is 15.9. The fourth-order valence-electron chi connectivity index (χ4n) is 3.03. The summed E-state index contributed by atoms with van der Waals surface area (Å²) in [6.45, 7) is 5.73. The number of rotatable bonds is 2. The van der Waals surface area contributed by atoms with Crippen LogP contribution in [0.4, 0.5) is 4.79 Å². The summed E-state index contributed by atoms with van der Waals surface area (Å²) in [5.41, 5.74) is 0.957. The Hall–Kier alpha value is -1.51. The number of hydrogen-bond acceptors (Lipinski definition) is 2. The van der Waals surface area contributed by atoms with Crippen LogP contribution in [0.25, 0.3) is 0 Å². The quantitative estimate of drug-likeness (QED) is 0.797. The molecule has 21 heavy (non-hydrogen) atoms. The Bertz CT molecular complexity index is 464. The zero-order valence-electron chi connectivity index (χ0n) is 13.6. The molecule has 0 saturated heterocycles. The van der Waals surface area contributed by atoms with E-state index in [1.165, 1.54) is 12.0 Å². The maximum Gasteiger partial charge on any atom is 0.410 e. The van der Waals surface area contributed by atoms with Gasteiger partial charge in [-0.05, 0) is 51.5 Å². The van der Waals surface area contributed by atoms with Gasteiger partial charge in [0.05, 0.1) is 0 Å². The van der Waals surface area contributed by atoms with E-state index in [-0.39, 0.29) is 12.1 Å². The van der Waals surface area contributed by atoms with E-state index in [0.29, 0.717) is 5.92 Å². The third kappa shape index (κ3) is 4.48. The van der Waals surface area contributed by atoms with E-state index in [2.05, 4.69) is 30.3 Å². The van der Waals surface area contributed by atoms with E-state index in [0.717, 1.165) is 19.3 Å². The van der Waals surface area contributed by atoms with Gasteiger partial charge in [-0.3, -0.25) is 0 Å². The second kappa shape index (κ2) is 6.50. The Morgan fingerprint density at radius 2 is 1.86 bits per heavy atom. The number of ether oxygens (including phenoxy) is 1. The lowest BCUT2D eigenvalue weighted by molar-refractivity contribution is 0.0180. The fourth-order valence-corrected chi connectivity index (χ4v) is 3.03. The first-order valence-corrected chi connectivity index (χ1v) is 7.87. The lowest BCUT2D eigenvalue weighted by atomic mass is 9.81. The molecule has 0 aliphatic heterocycles. The number of amides is 1. The normalized spacial score (nSPS) is 22.7. The molecule has 0 heterocycles. The van der Waals surface area contributed by atoms with Crippen molar-refractivity contribution < 1.29 is 9.53 Å². The van der Waals surface area contributed by atoms with Gasteiger partial charge in [-0.2, -0.15) is 0 Å². The summed E-state index contributed by atoms with van der Waals surface area (Å²) in [6, 6.07) is 10.9. The molecule has 1 aromatic rings. The largest absolute Gasteiger partial charge is 0.444 e. The van der Waals surface area contributed by atoms with Gasteiger partial charge in [0.2, 0.25) is 0 Å². The van der Waals surface area contributed by atoms with Crippen molar-refractivity contribution in [3.8, 4) is 0 Å². The van der Waals surface area contributed by atoms with Gasteiger partial charge in [-0.25, -0.2) is 4.79 Å². The molecule has 0 spiro atoms. The van der Waals surface area contributed by atoms with Crippen LogP contribution >= 0.6 is 0 Å². The molecule has 3 nitrogen and oxygen atoms in total. The van der Waals surface area contributed by atoms with Crippen LogP contribution in [0, 0.1) is 0 Å². The molecular formula is C18H27NO2. The van der Waals surface area contributed by atoms with Gasteiger partial charge >= 0.3 is 6.09 Å². The maximum atomic E-state index is 12.2. The van der Waals surface area contributed by atoms with Crippen molar-refractivity contribution >= 4 is 6.09 Å². The number of carbonyl (C=O) groups is 1. The van der Waals surface area contributed by atoms with Crippen molar-refractivity contribution in [2.75, 3.05) is 7.05 Å². The molecule has 1 aromatic carbocycles. The first-order valence-electron chi connectivity index (χ1n) is 7.87.